The van der Waals surface area contributed by atoms with Gasteiger partial charge in [0.2, 0.25) is 0 Å². The van der Waals surface area contributed by atoms with Crippen LogP contribution in [0.4, 0.5) is 24.5 Å². The van der Waals surface area contributed by atoms with E-state index in [1.54, 1.807) is 0 Å². The molecule has 0 heterocycles. The molecule has 0 radical (unpaired) electrons. The topological polar surface area (TPSA) is 55.2 Å². The summed E-state index contributed by atoms with van der Waals surface area (Å²) in [7, 11) is 0. The zero-order valence-electron chi connectivity index (χ0n) is 11.3. The van der Waals surface area contributed by atoms with E-state index in [9.17, 15) is 23.3 Å². The molecule has 0 amide bonds. The third-order valence-electron chi connectivity index (χ3n) is 3.00. The normalized spacial score (nSPS) is 13.1. The Morgan fingerprint density at radius 3 is 2.45 bits per heavy atom. The van der Waals surface area contributed by atoms with Crippen molar-refractivity contribution in [2.75, 3.05) is 5.32 Å². The van der Waals surface area contributed by atoms with Crippen LogP contribution in [0.2, 0.25) is 0 Å². The van der Waals surface area contributed by atoms with Gasteiger partial charge in [-0.25, -0.2) is 0 Å². The molecule has 0 bridgehead atoms. The highest BCUT2D eigenvalue weighted by Crippen LogP contribution is 2.37. The molecule has 4 nitrogen and oxygen atoms in total. The second-order valence-electron chi connectivity index (χ2n) is 4.52. The van der Waals surface area contributed by atoms with Crippen LogP contribution in [0, 0.1) is 10.1 Å². The molecule has 112 valence electrons. The van der Waals surface area contributed by atoms with Gasteiger partial charge in [0.1, 0.15) is 5.56 Å². The van der Waals surface area contributed by atoms with Gasteiger partial charge in [-0.2, -0.15) is 13.2 Å². The molecule has 7 heteroatoms. The van der Waals surface area contributed by atoms with Crippen LogP contribution >= 0.6 is 0 Å². The highest BCUT2D eigenvalue weighted by atomic mass is 19.4. The van der Waals surface area contributed by atoms with Crippen LogP contribution in [0.5, 0.6) is 0 Å². The Kier molecular flexibility index (Phi) is 5.35. The zero-order chi connectivity index (χ0) is 15.3. The number of halogens is 3. The largest absolute Gasteiger partial charge is 0.423 e. The Morgan fingerprint density at radius 2 is 2.00 bits per heavy atom. The molecule has 20 heavy (non-hydrogen) atoms. The van der Waals surface area contributed by atoms with E-state index in [2.05, 4.69) is 5.32 Å². The van der Waals surface area contributed by atoms with E-state index in [0.717, 1.165) is 31.4 Å². The number of hydrogen-bond acceptors (Lipinski definition) is 3. The predicted molar refractivity (Wildman–Crippen MR) is 70.7 cm³/mol. The predicted octanol–water partition coefficient (Wildman–Crippen LogP) is 4.60. The molecular weight excluding hydrogens is 273 g/mol. The SMILES string of the molecule is CCCC(CC)Nc1ccc([N+](=O)[O-])c(C(F)(F)F)c1. The van der Waals surface area contributed by atoms with Crippen LogP contribution in [0.3, 0.4) is 0 Å². The van der Waals surface area contributed by atoms with Crippen molar-refractivity contribution >= 4 is 11.4 Å². The van der Waals surface area contributed by atoms with Gasteiger partial charge in [-0.3, -0.25) is 10.1 Å². The highest BCUT2D eigenvalue weighted by Gasteiger charge is 2.38. The first-order chi connectivity index (χ1) is 9.29. The van der Waals surface area contributed by atoms with Gasteiger partial charge in [0.05, 0.1) is 4.92 Å². The Bertz CT molecular complexity index is 475. The summed E-state index contributed by atoms with van der Waals surface area (Å²) < 4.78 is 38.5. The van der Waals surface area contributed by atoms with E-state index in [1.165, 1.54) is 6.07 Å². The maximum Gasteiger partial charge on any atom is 0.423 e. The lowest BCUT2D eigenvalue weighted by molar-refractivity contribution is -0.388. The van der Waals surface area contributed by atoms with Crippen molar-refractivity contribution in [1.82, 2.24) is 0 Å². The molecule has 0 aliphatic rings. The van der Waals surface area contributed by atoms with Crippen molar-refractivity contribution in [2.45, 2.75) is 45.3 Å². The average Bonchev–Trinajstić information content (AvgIpc) is 2.36. The molecule has 0 saturated heterocycles. The third kappa shape index (κ3) is 4.11. The minimum Gasteiger partial charge on any atom is -0.382 e. The van der Waals surface area contributed by atoms with Crippen molar-refractivity contribution in [2.24, 2.45) is 0 Å². The molecule has 0 aliphatic carbocycles. The number of benzene rings is 1. The molecule has 0 fully saturated rings. The van der Waals surface area contributed by atoms with Gasteiger partial charge >= 0.3 is 6.18 Å². The Hall–Kier alpha value is -1.79. The van der Waals surface area contributed by atoms with Crippen LogP contribution in [0.25, 0.3) is 0 Å². The van der Waals surface area contributed by atoms with Gasteiger partial charge in [0, 0.05) is 17.8 Å². The van der Waals surface area contributed by atoms with Crippen molar-refractivity contribution in [3.8, 4) is 0 Å². The fourth-order valence-electron chi connectivity index (χ4n) is 1.97. The molecule has 1 rings (SSSR count). The van der Waals surface area contributed by atoms with Gasteiger partial charge in [0.15, 0.2) is 0 Å². The van der Waals surface area contributed by atoms with E-state index in [-0.39, 0.29) is 11.7 Å². The van der Waals surface area contributed by atoms with E-state index < -0.39 is 22.4 Å². The summed E-state index contributed by atoms with van der Waals surface area (Å²) in [6.45, 7) is 3.92. The number of rotatable bonds is 6. The van der Waals surface area contributed by atoms with Crippen molar-refractivity contribution in [1.29, 1.82) is 0 Å². The lowest BCUT2D eigenvalue weighted by Crippen LogP contribution is -2.18. The van der Waals surface area contributed by atoms with E-state index in [0.29, 0.717) is 0 Å². The van der Waals surface area contributed by atoms with Gasteiger partial charge in [-0.1, -0.05) is 20.3 Å². The fraction of sp³-hybridized carbons (Fsp3) is 0.538. The van der Waals surface area contributed by atoms with Gasteiger partial charge in [-0.05, 0) is 25.0 Å². The molecule has 1 atom stereocenters. The second kappa shape index (κ2) is 6.58. The second-order valence-corrected chi connectivity index (χ2v) is 4.52. The Balaban J connectivity index is 3.10. The summed E-state index contributed by atoms with van der Waals surface area (Å²) in [4.78, 5) is 9.63. The maximum atomic E-state index is 12.8. The molecule has 1 aromatic carbocycles. The van der Waals surface area contributed by atoms with Crippen LogP contribution < -0.4 is 5.32 Å². The monoisotopic (exact) mass is 290 g/mol. The minimum absolute atomic E-state index is 0.0579. The lowest BCUT2D eigenvalue weighted by Gasteiger charge is -2.18. The van der Waals surface area contributed by atoms with E-state index in [4.69, 9.17) is 0 Å². The molecule has 0 aromatic heterocycles. The molecule has 0 spiro atoms. The Labute approximate surface area is 115 Å². The number of nitro groups is 1. The number of anilines is 1. The van der Waals surface area contributed by atoms with Crippen molar-refractivity contribution < 1.29 is 18.1 Å². The molecule has 0 saturated carbocycles. The van der Waals surface area contributed by atoms with Gasteiger partial charge in [-0.15, -0.1) is 0 Å². The number of nitro benzene ring substituents is 1. The number of nitrogens with one attached hydrogen (secondary N) is 1. The molecule has 0 aliphatic heterocycles. The minimum atomic E-state index is -4.74. The standard InChI is InChI=1S/C13H17F3N2O2/c1-3-5-9(4-2)17-10-6-7-12(18(19)20)11(8-10)13(14,15)16/h6-9,17H,3-5H2,1-2H3. The van der Waals surface area contributed by atoms with Crippen molar-refractivity contribution in [3.05, 3.63) is 33.9 Å². The van der Waals surface area contributed by atoms with Crippen LogP contribution in [-0.2, 0) is 6.18 Å². The first kappa shape index (κ1) is 16.3. The fourth-order valence-corrected chi connectivity index (χ4v) is 1.97. The van der Waals surface area contributed by atoms with Gasteiger partial charge < -0.3 is 5.32 Å². The molecular formula is C13H17F3N2O2. The summed E-state index contributed by atoms with van der Waals surface area (Å²) >= 11 is 0. The molecule has 1 aromatic rings. The quantitative estimate of drug-likeness (QED) is 0.615. The Morgan fingerprint density at radius 1 is 1.35 bits per heavy atom. The van der Waals surface area contributed by atoms with Crippen LogP contribution in [0.1, 0.15) is 38.7 Å². The summed E-state index contributed by atoms with van der Waals surface area (Å²) in [6.07, 6.45) is -2.24. The van der Waals surface area contributed by atoms with Crippen LogP contribution in [0.15, 0.2) is 18.2 Å². The van der Waals surface area contributed by atoms with Crippen molar-refractivity contribution in [3.63, 3.8) is 0 Å². The number of nitrogens with zero attached hydrogens (tertiary/aromatic N) is 1. The van der Waals surface area contributed by atoms with Gasteiger partial charge in [0.25, 0.3) is 5.69 Å². The number of hydrogen-bond donors (Lipinski definition) is 1. The third-order valence-corrected chi connectivity index (χ3v) is 3.00. The summed E-state index contributed by atoms with van der Waals surface area (Å²) in [5.74, 6) is 0. The summed E-state index contributed by atoms with van der Waals surface area (Å²) in [6, 6.07) is 3.06. The lowest BCUT2D eigenvalue weighted by atomic mass is 10.1. The van der Waals surface area contributed by atoms with Crippen LogP contribution in [-0.4, -0.2) is 11.0 Å². The number of alkyl halides is 3. The van der Waals surface area contributed by atoms with E-state index >= 15 is 0 Å². The van der Waals surface area contributed by atoms with E-state index in [1.807, 2.05) is 13.8 Å². The highest BCUT2D eigenvalue weighted by molar-refractivity contribution is 5.55. The average molecular weight is 290 g/mol. The first-order valence-corrected chi connectivity index (χ1v) is 6.41. The first-order valence-electron chi connectivity index (χ1n) is 6.41. The summed E-state index contributed by atoms with van der Waals surface area (Å²) in [5.41, 5.74) is -1.89. The smallest absolute Gasteiger partial charge is 0.382 e. The molecule has 1 N–H and O–H groups in total. The zero-order valence-corrected chi connectivity index (χ0v) is 11.3. The summed E-state index contributed by atoms with van der Waals surface area (Å²) in [5, 5.41) is 13.6. The maximum absolute atomic E-state index is 12.8. The molecule has 1 unspecified atom stereocenters.